The molecule has 1 heterocycles. The van der Waals surface area contributed by atoms with Crippen molar-refractivity contribution < 1.29 is 18.7 Å². The second-order valence-corrected chi connectivity index (χ2v) is 4.18. The Morgan fingerprint density at radius 2 is 2.06 bits per heavy atom. The molecule has 0 saturated heterocycles. The Hall–Kier alpha value is -1.96. The lowest BCUT2D eigenvalue weighted by Gasteiger charge is -2.07. The van der Waals surface area contributed by atoms with Crippen molar-refractivity contribution in [2.45, 2.75) is 5.16 Å². The van der Waals surface area contributed by atoms with Crippen LogP contribution in [0.1, 0.15) is 0 Å². The van der Waals surface area contributed by atoms with Crippen LogP contribution in [0.2, 0.25) is 0 Å². The summed E-state index contributed by atoms with van der Waals surface area (Å²) in [6.45, 7) is 0. The van der Waals surface area contributed by atoms with E-state index in [2.05, 4.69) is 10.2 Å². The molecular weight excluding hydrogens is 264 g/mol. The van der Waals surface area contributed by atoms with Crippen molar-refractivity contribution in [3.8, 4) is 5.69 Å². The molecular formula is C10H7F2N3O2S. The molecule has 0 fully saturated rings. The lowest BCUT2D eigenvalue weighted by Crippen LogP contribution is -2.04. The van der Waals surface area contributed by atoms with Gasteiger partial charge in [-0.05, 0) is 12.1 Å². The van der Waals surface area contributed by atoms with Crippen LogP contribution in [0, 0.1) is 11.6 Å². The first-order valence-corrected chi connectivity index (χ1v) is 5.77. The van der Waals surface area contributed by atoms with E-state index < -0.39 is 17.6 Å². The van der Waals surface area contributed by atoms with E-state index in [4.69, 9.17) is 5.11 Å². The Morgan fingerprint density at radius 1 is 1.39 bits per heavy atom. The first kappa shape index (κ1) is 12.5. The second-order valence-electron chi connectivity index (χ2n) is 3.24. The zero-order valence-electron chi connectivity index (χ0n) is 8.88. The number of halogens is 2. The average Bonchev–Trinajstić information content (AvgIpc) is 2.74. The van der Waals surface area contributed by atoms with E-state index in [1.807, 2.05) is 0 Å². The molecule has 0 saturated carbocycles. The van der Waals surface area contributed by atoms with Crippen molar-refractivity contribution in [3.05, 3.63) is 36.2 Å². The number of para-hydroxylation sites is 1. The normalized spacial score (nSPS) is 10.6. The minimum absolute atomic E-state index is 0.112. The van der Waals surface area contributed by atoms with Crippen LogP contribution in [-0.2, 0) is 4.79 Å². The predicted octanol–water partition coefficient (Wildman–Crippen LogP) is 1.72. The van der Waals surface area contributed by atoms with E-state index in [0.717, 1.165) is 34.8 Å². The number of carbonyl (C=O) groups is 1. The van der Waals surface area contributed by atoms with Gasteiger partial charge in [0.2, 0.25) is 0 Å². The van der Waals surface area contributed by atoms with E-state index in [0.29, 0.717) is 0 Å². The van der Waals surface area contributed by atoms with Gasteiger partial charge in [-0.25, -0.2) is 8.78 Å². The van der Waals surface area contributed by atoms with Crippen molar-refractivity contribution >= 4 is 17.7 Å². The monoisotopic (exact) mass is 271 g/mol. The summed E-state index contributed by atoms with van der Waals surface area (Å²) in [6, 6.07) is 3.44. The average molecular weight is 271 g/mol. The van der Waals surface area contributed by atoms with Crippen LogP contribution in [0.3, 0.4) is 0 Å². The smallest absolute Gasteiger partial charge is 0.313 e. The van der Waals surface area contributed by atoms with Gasteiger partial charge in [0.15, 0.2) is 5.16 Å². The molecule has 1 N–H and O–H groups in total. The van der Waals surface area contributed by atoms with Crippen LogP contribution in [0.15, 0.2) is 29.7 Å². The number of carboxylic acids is 1. The molecule has 0 aliphatic carbocycles. The first-order chi connectivity index (χ1) is 8.59. The summed E-state index contributed by atoms with van der Waals surface area (Å²) < 4.78 is 28.2. The highest BCUT2D eigenvalue weighted by Gasteiger charge is 2.16. The maximum Gasteiger partial charge on any atom is 0.313 e. The third-order valence-corrected chi connectivity index (χ3v) is 2.95. The van der Waals surface area contributed by atoms with Crippen molar-refractivity contribution in [2.24, 2.45) is 0 Å². The number of rotatable bonds is 4. The molecule has 0 aliphatic rings. The summed E-state index contributed by atoms with van der Waals surface area (Å²) in [7, 11) is 0. The number of thioether (sulfide) groups is 1. The third-order valence-electron chi connectivity index (χ3n) is 2.02. The summed E-state index contributed by atoms with van der Waals surface area (Å²) in [6.07, 6.45) is 1.13. The van der Waals surface area contributed by atoms with Gasteiger partial charge in [-0.2, -0.15) is 0 Å². The Balaban J connectivity index is 2.39. The van der Waals surface area contributed by atoms with Gasteiger partial charge in [0, 0.05) is 0 Å². The van der Waals surface area contributed by atoms with Gasteiger partial charge in [0.25, 0.3) is 0 Å². The highest BCUT2D eigenvalue weighted by Crippen LogP contribution is 2.23. The van der Waals surface area contributed by atoms with Crippen LogP contribution in [-0.4, -0.2) is 31.6 Å². The minimum Gasteiger partial charge on any atom is -0.481 e. The molecule has 0 aliphatic heterocycles. The van der Waals surface area contributed by atoms with Crippen LogP contribution in [0.4, 0.5) is 8.78 Å². The van der Waals surface area contributed by atoms with Crippen LogP contribution < -0.4 is 0 Å². The van der Waals surface area contributed by atoms with E-state index in [-0.39, 0.29) is 16.6 Å². The maximum absolute atomic E-state index is 13.6. The Bertz CT molecular complexity index is 568. The van der Waals surface area contributed by atoms with Gasteiger partial charge in [0.1, 0.15) is 23.6 Å². The van der Waals surface area contributed by atoms with Gasteiger partial charge < -0.3 is 5.11 Å². The van der Waals surface area contributed by atoms with Gasteiger partial charge in [-0.15, -0.1) is 10.2 Å². The number of hydrogen-bond acceptors (Lipinski definition) is 4. The summed E-state index contributed by atoms with van der Waals surface area (Å²) in [4.78, 5) is 10.4. The third kappa shape index (κ3) is 2.48. The number of hydrogen-bond donors (Lipinski definition) is 1. The number of benzene rings is 1. The number of aliphatic carboxylic acids is 1. The van der Waals surface area contributed by atoms with Crippen LogP contribution >= 0.6 is 11.8 Å². The molecule has 1 aromatic heterocycles. The lowest BCUT2D eigenvalue weighted by molar-refractivity contribution is -0.133. The molecule has 0 spiro atoms. The van der Waals surface area contributed by atoms with Crippen molar-refractivity contribution in [1.82, 2.24) is 14.8 Å². The molecule has 1 aromatic carbocycles. The first-order valence-electron chi connectivity index (χ1n) is 4.78. The van der Waals surface area contributed by atoms with Crippen molar-refractivity contribution in [2.75, 3.05) is 5.75 Å². The van der Waals surface area contributed by atoms with E-state index in [9.17, 15) is 13.6 Å². The van der Waals surface area contributed by atoms with E-state index >= 15 is 0 Å². The molecule has 0 bridgehead atoms. The summed E-state index contributed by atoms with van der Waals surface area (Å²) in [5.74, 6) is -2.86. The summed E-state index contributed by atoms with van der Waals surface area (Å²) in [5, 5.41) is 15.8. The van der Waals surface area contributed by atoms with Gasteiger partial charge in [-0.1, -0.05) is 17.8 Å². The molecule has 18 heavy (non-hydrogen) atoms. The van der Waals surface area contributed by atoms with Crippen LogP contribution in [0.25, 0.3) is 5.69 Å². The highest BCUT2D eigenvalue weighted by molar-refractivity contribution is 7.99. The second kappa shape index (κ2) is 5.13. The highest BCUT2D eigenvalue weighted by atomic mass is 32.2. The maximum atomic E-state index is 13.6. The topological polar surface area (TPSA) is 68.0 Å². The molecule has 2 aromatic rings. The molecule has 0 unspecified atom stereocenters. The molecule has 8 heteroatoms. The minimum atomic E-state index is -1.05. The number of aromatic nitrogens is 3. The van der Waals surface area contributed by atoms with Crippen molar-refractivity contribution in [3.63, 3.8) is 0 Å². The lowest BCUT2D eigenvalue weighted by atomic mass is 10.3. The quantitative estimate of drug-likeness (QED) is 0.857. The fraction of sp³-hybridized carbons (Fsp3) is 0.100. The molecule has 2 rings (SSSR count). The van der Waals surface area contributed by atoms with Gasteiger partial charge in [0.05, 0.1) is 5.75 Å². The molecule has 94 valence electrons. The zero-order valence-corrected chi connectivity index (χ0v) is 9.69. The summed E-state index contributed by atoms with van der Waals surface area (Å²) in [5.41, 5.74) is -0.324. The van der Waals surface area contributed by atoms with Crippen LogP contribution in [0.5, 0.6) is 0 Å². The number of carboxylic acid groups (broad SMARTS) is 1. The summed E-state index contributed by atoms with van der Waals surface area (Å²) >= 11 is 0.831. The van der Waals surface area contributed by atoms with Gasteiger partial charge >= 0.3 is 5.97 Å². The predicted molar refractivity (Wildman–Crippen MR) is 59.6 cm³/mol. The largest absolute Gasteiger partial charge is 0.481 e. The Kier molecular flexibility index (Phi) is 3.56. The van der Waals surface area contributed by atoms with Gasteiger partial charge in [-0.3, -0.25) is 9.36 Å². The fourth-order valence-corrected chi connectivity index (χ4v) is 1.96. The molecule has 0 amide bonds. The fourth-order valence-electron chi connectivity index (χ4n) is 1.32. The Labute approximate surface area is 104 Å². The Morgan fingerprint density at radius 3 is 2.67 bits per heavy atom. The number of nitrogens with zero attached hydrogens (tertiary/aromatic N) is 3. The molecule has 0 atom stereocenters. The standard InChI is InChI=1S/C10H7F2N3O2S/c11-6-2-1-3-7(12)9(6)15-5-13-14-10(15)18-4-8(16)17/h1-3,5H,4H2,(H,16,17). The van der Waals surface area contributed by atoms with E-state index in [1.165, 1.54) is 6.07 Å². The SMILES string of the molecule is O=C(O)CSc1nncn1-c1c(F)cccc1F. The molecule has 5 nitrogen and oxygen atoms in total. The molecule has 0 radical (unpaired) electrons. The van der Waals surface area contributed by atoms with Crippen molar-refractivity contribution in [1.29, 1.82) is 0 Å². The zero-order chi connectivity index (χ0) is 13.1. The van der Waals surface area contributed by atoms with E-state index in [1.54, 1.807) is 0 Å².